The highest BCUT2D eigenvalue weighted by Crippen LogP contribution is 2.36. The number of rotatable bonds is 6. The molecule has 0 fully saturated rings. The summed E-state index contributed by atoms with van der Waals surface area (Å²) in [6.07, 6.45) is 5.73. The molecule has 0 bridgehead atoms. The average Bonchev–Trinajstić information content (AvgIpc) is 3.30. The Bertz CT molecular complexity index is 1200. The number of imidazole rings is 1. The number of ether oxygens (including phenoxy) is 1. The van der Waals surface area contributed by atoms with Crippen molar-refractivity contribution in [3.8, 4) is 17.0 Å². The molecule has 0 amide bonds. The van der Waals surface area contributed by atoms with E-state index < -0.39 is 0 Å². The number of benzene rings is 2. The van der Waals surface area contributed by atoms with E-state index in [9.17, 15) is 0 Å². The van der Waals surface area contributed by atoms with Crippen LogP contribution >= 0.6 is 15.9 Å². The van der Waals surface area contributed by atoms with E-state index in [0.717, 1.165) is 49.7 Å². The van der Waals surface area contributed by atoms with E-state index in [4.69, 9.17) is 9.72 Å². The summed E-state index contributed by atoms with van der Waals surface area (Å²) < 4.78 is 8.24. The maximum absolute atomic E-state index is 5.27. The van der Waals surface area contributed by atoms with Gasteiger partial charge in [-0.05, 0) is 43.3 Å². The molecule has 29 heavy (non-hydrogen) atoms. The number of hydrogen-bond donors (Lipinski definition) is 2. The molecule has 0 atom stereocenters. The molecule has 4 aromatic rings. The number of halogens is 1. The van der Waals surface area contributed by atoms with Gasteiger partial charge in [0.25, 0.3) is 0 Å². The van der Waals surface area contributed by atoms with Crippen LogP contribution in [0.1, 0.15) is 12.7 Å². The van der Waals surface area contributed by atoms with Crippen LogP contribution in [0.2, 0.25) is 0 Å². The largest absolute Gasteiger partial charge is 0.497 e. The Kier molecular flexibility index (Phi) is 5.27. The summed E-state index contributed by atoms with van der Waals surface area (Å²) in [7, 11) is 1.66. The van der Waals surface area contributed by atoms with Gasteiger partial charge in [0.2, 0.25) is 0 Å². The number of hydrogen-bond acceptors (Lipinski definition) is 3. The predicted molar refractivity (Wildman–Crippen MR) is 125 cm³/mol. The average molecular weight is 449 g/mol. The van der Waals surface area contributed by atoms with Crippen molar-refractivity contribution in [2.75, 3.05) is 12.4 Å². The molecule has 4 rings (SSSR count). The van der Waals surface area contributed by atoms with Crippen LogP contribution < -0.4 is 10.1 Å². The second-order valence-electron chi connectivity index (χ2n) is 6.56. The zero-order valence-electron chi connectivity index (χ0n) is 16.2. The summed E-state index contributed by atoms with van der Waals surface area (Å²) in [5.41, 5.74) is 3.88. The van der Waals surface area contributed by atoms with Crippen LogP contribution in [-0.2, 0) is 0 Å². The van der Waals surface area contributed by atoms with Crippen LogP contribution in [0.3, 0.4) is 0 Å². The fraction of sp³-hybridized carbons (Fsp3) is 0.0870. The molecule has 6 heteroatoms. The summed E-state index contributed by atoms with van der Waals surface area (Å²) in [5, 5.41) is 4.64. The number of para-hydroxylation sites is 1. The topological polar surface area (TPSA) is 54.9 Å². The Morgan fingerprint density at radius 2 is 1.97 bits per heavy atom. The van der Waals surface area contributed by atoms with Crippen molar-refractivity contribution in [1.29, 1.82) is 0 Å². The van der Waals surface area contributed by atoms with Crippen molar-refractivity contribution in [1.82, 2.24) is 14.5 Å². The van der Waals surface area contributed by atoms with E-state index in [-0.39, 0.29) is 0 Å². The number of nitrogens with one attached hydrogen (secondary N) is 2. The van der Waals surface area contributed by atoms with E-state index in [0.29, 0.717) is 0 Å². The van der Waals surface area contributed by atoms with Crippen molar-refractivity contribution >= 4 is 50.6 Å². The van der Waals surface area contributed by atoms with Crippen LogP contribution in [0.4, 0.5) is 11.5 Å². The van der Waals surface area contributed by atoms with Gasteiger partial charge in [0.15, 0.2) is 0 Å². The lowest BCUT2D eigenvalue weighted by Crippen LogP contribution is -2.00. The molecule has 0 aliphatic carbocycles. The molecule has 2 aromatic carbocycles. The number of aromatic amines is 1. The Morgan fingerprint density at radius 1 is 1.21 bits per heavy atom. The molecule has 0 spiro atoms. The van der Waals surface area contributed by atoms with E-state index >= 15 is 0 Å². The molecule has 0 unspecified atom stereocenters. The summed E-state index contributed by atoms with van der Waals surface area (Å²) in [5.74, 6) is 2.41. The number of anilines is 2. The maximum Gasteiger partial charge on any atom is 0.143 e. The number of fused-ring (bicyclic) bond motifs is 1. The molecule has 0 aliphatic heterocycles. The van der Waals surface area contributed by atoms with Gasteiger partial charge < -0.3 is 15.0 Å². The Hall–Kier alpha value is -3.25. The Balaban J connectivity index is 1.91. The molecular formula is C23H21BrN4O. The van der Waals surface area contributed by atoms with Crippen molar-refractivity contribution in [2.24, 2.45) is 0 Å². The minimum Gasteiger partial charge on any atom is -0.497 e. The number of aromatic nitrogens is 3. The lowest BCUT2D eigenvalue weighted by Gasteiger charge is -2.11. The smallest absolute Gasteiger partial charge is 0.143 e. The van der Waals surface area contributed by atoms with Crippen molar-refractivity contribution < 1.29 is 4.74 Å². The van der Waals surface area contributed by atoms with Gasteiger partial charge in [-0.2, -0.15) is 0 Å². The molecule has 0 radical (unpaired) electrons. The molecule has 5 nitrogen and oxygen atoms in total. The normalized spacial score (nSPS) is 11.6. The molecular weight excluding hydrogens is 428 g/mol. The molecule has 0 saturated heterocycles. The van der Waals surface area contributed by atoms with Gasteiger partial charge in [-0.25, -0.2) is 4.98 Å². The van der Waals surface area contributed by atoms with E-state index in [1.165, 1.54) is 0 Å². The number of nitrogens with zero attached hydrogens (tertiary/aromatic N) is 2. The zero-order valence-corrected chi connectivity index (χ0v) is 17.8. The Morgan fingerprint density at radius 3 is 2.66 bits per heavy atom. The molecule has 0 aliphatic rings. The molecule has 146 valence electrons. The lowest BCUT2D eigenvalue weighted by molar-refractivity contribution is 0.415. The van der Waals surface area contributed by atoms with E-state index in [1.54, 1.807) is 13.2 Å². The van der Waals surface area contributed by atoms with Gasteiger partial charge in [0.05, 0.1) is 7.11 Å². The third-order valence-corrected chi connectivity index (χ3v) is 4.83. The highest BCUT2D eigenvalue weighted by Gasteiger charge is 2.19. The fourth-order valence-electron chi connectivity index (χ4n) is 3.29. The summed E-state index contributed by atoms with van der Waals surface area (Å²) in [6, 6.07) is 16.0. The first kappa shape index (κ1) is 19.1. The van der Waals surface area contributed by atoms with Crippen molar-refractivity contribution in [2.45, 2.75) is 6.92 Å². The highest BCUT2D eigenvalue weighted by molar-refractivity contribution is 9.11. The van der Waals surface area contributed by atoms with Gasteiger partial charge in [-0.3, -0.25) is 4.57 Å². The minimum atomic E-state index is 0.750. The standard InChI is InChI=1S/C23H21BrN4O/c1-4-21-27-22(19-13-25-20-8-6-5-7-18(19)20)23(28(21)14-15(2)24)26-16-9-11-17(29-3)12-10-16/h4-14,25-26H,1H2,2-3H3/b15-14+. The summed E-state index contributed by atoms with van der Waals surface area (Å²) in [4.78, 5) is 8.21. The molecule has 0 saturated carbocycles. The van der Waals surface area contributed by atoms with Crippen LogP contribution in [0.15, 0.2) is 65.8 Å². The monoisotopic (exact) mass is 448 g/mol. The first-order valence-corrected chi connectivity index (χ1v) is 9.96. The van der Waals surface area contributed by atoms with Crippen molar-refractivity contribution in [3.05, 3.63) is 71.6 Å². The molecule has 2 N–H and O–H groups in total. The number of allylic oxidation sites excluding steroid dienone is 1. The predicted octanol–water partition coefficient (Wildman–Crippen LogP) is 6.64. The van der Waals surface area contributed by atoms with E-state index in [1.807, 2.05) is 60.3 Å². The SMILES string of the molecule is C=Cc1nc(-c2c[nH]c3ccccc23)c(Nc2ccc(OC)cc2)n1/C=C(\C)Br. The van der Waals surface area contributed by atoms with Gasteiger partial charge in [0.1, 0.15) is 23.1 Å². The summed E-state index contributed by atoms with van der Waals surface area (Å²) in [6.45, 7) is 5.93. The van der Waals surface area contributed by atoms with Crippen LogP contribution in [-0.4, -0.2) is 21.6 Å². The quantitative estimate of drug-likeness (QED) is 0.347. The minimum absolute atomic E-state index is 0.750. The fourth-order valence-corrected chi connectivity index (χ4v) is 3.49. The van der Waals surface area contributed by atoms with Crippen molar-refractivity contribution in [3.63, 3.8) is 0 Å². The van der Waals surface area contributed by atoms with Gasteiger partial charge in [-0.1, -0.05) is 40.7 Å². The Labute approximate surface area is 177 Å². The third kappa shape index (κ3) is 3.71. The van der Waals surface area contributed by atoms with Gasteiger partial charge in [0, 0.05) is 39.0 Å². The van der Waals surface area contributed by atoms with E-state index in [2.05, 4.69) is 44.9 Å². The van der Waals surface area contributed by atoms with Crippen LogP contribution in [0, 0.1) is 0 Å². The van der Waals surface area contributed by atoms with Crippen LogP contribution in [0.5, 0.6) is 5.75 Å². The molecule has 2 heterocycles. The lowest BCUT2D eigenvalue weighted by atomic mass is 10.1. The van der Waals surface area contributed by atoms with Gasteiger partial charge >= 0.3 is 0 Å². The first-order chi connectivity index (χ1) is 14.1. The highest BCUT2D eigenvalue weighted by atomic mass is 79.9. The maximum atomic E-state index is 5.27. The number of methoxy groups -OCH3 is 1. The second-order valence-corrected chi connectivity index (χ2v) is 7.81. The zero-order chi connectivity index (χ0) is 20.4. The summed E-state index contributed by atoms with van der Waals surface area (Å²) >= 11 is 3.54. The first-order valence-electron chi connectivity index (χ1n) is 9.17. The number of H-pyrrole nitrogens is 1. The van der Waals surface area contributed by atoms with Gasteiger partial charge in [-0.15, -0.1) is 0 Å². The third-order valence-electron chi connectivity index (χ3n) is 4.63. The molecule has 2 aromatic heterocycles. The second kappa shape index (κ2) is 8.01. The van der Waals surface area contributed by atoms with Crippen LogP contribution in [0.25, 0.3) is 34.4 Å².